The molecule has 0 unspecified atom stereocenters. The number of sulfonamides is 1. The van der Waals surface area contributed by atoms with E-state index in [1.54, 1.807) is 12.1 Å². The number of rotatable bonds is 6. The Morgan fingerprint density at radius 2 is 1.75 bits per heavy atom. The molecule has 150 valence electrons. The van der Waals surface area contributed by atoms with Crippen molar-refractivity contribution in [1.82, 2.24) is 9.62 Å². The summed E-state index contributed by atoms with van der Waals surface area (Å²) in [7, 11) is -1.01. The monoisotopic (exact) mass is 423 g/mol. The van der Waals surface area contributed by atoms with Crippen LogP contribution in [-0.2, 0) is 14.8 Å². The van der Waals surface area contributed by atoms with Gasteiger partial charge >= 0.3 is 0 Å². The van der Waals surface area contributed by atoms with Crippen LogP contribution in [-0.4, -0.2) is 45.2 Å². The Labute approximate surface area is 169 Å². The average Bonchev–Trinajstić information content (AvgIpc) is 2.64. The van der Waals surface area contributed by atoms with Crippen molar-refractivity contribution in [2.45, 2.75) is 18.7 Å². The first kappa shape index (κ1) is 21.9. The number of aryl methyl sites for hydroxylation is 2. The smallest absolute Gasteiger partial charge is 0.252 e. The van der Waals surface area contributed by atoms with Gasteiger partial charge in [0.2, 0.25) is 15.9 Å². The maximum atomic E-state index is 12.7. The number of benzene rings is 2. The van der Waals surface area contributed by atoms with Crippen LogP contribution in [0.2, 0.25) is 5.02 Å². The van der Waals surface area contributed by atoms with Crippen LogP contribution in [0.3, 0.4) is 0 Å². The number of carbonyl (C=O) groups excluding carboxylic acids is 2. The van der Waals surface area contributed by atoms with Crippen LogP contribution >= 0.6 is 11.6 Å². The van der Waals surface area contributed by atoms with Gasteiger partial charge in [0.15, 0.2) is 0 Å². The van der Waals surface area contributed by atoms with Gasteiger partial charge in [-0.25, -0.2) is 8.42 Å². The second-order valence-electron chi connectivity index (χ2n) is 6.33. The highest BCUT2D eigenvalue weighted by atomic mass is 35.5. The molecule has 0 atom stereocenters. The number of carbonyl (C=O) groups is 2. The Balaban J connectivity index is 2.14. The molecule has 9 heteroatoms. The number of hydrogen-bond donors (Lipinski definition) is 2. The van der Waals surface area contributed by atoms with E-state index < -0.39 is 21.8 Å². The van der Waals surface area contributed by atoms with Gasteiger partial charge < -0.3 is 10.6 Å². The molecule has 0 aliphatic carbocycles. The van der Waals surface area contributed by atoms with Gasteiger partial charge in [0.05, 0.1) is 22.0 Å². The second kappa shape index (κ2) is 8.72. The van der Waals surface area contributed by atoms with Crippen molar-refractivity contribution in [2.75, 3.05) is 26.0 Å². The lowest BCUT2D eigenvalue weighted by Gasteiger charge is -2.18. The molecular formula is C19H22ClN3O4S. The summed E-state index contributed by atoms with van der Waals surface area (Å²) in [5.41, 5.74) is 2.37. The average molecular weight is 424 g/mol. The number of nitrogens with zero attached hydrogens (tertiary/aromatic N) is 1. The van der Waals surface area contributed by atoms with Gasteiger partial charge in [0.25, 0.3) is 5.91 Å². The minimum Gasteiger partial charge on any atom is -0.355 e. The van der Waals surface area contributed by atoms with E-state index in [4.69, 9.17) is 11.6 Å². The predicted octanol–water partition coefficient (Wildman–Crippen LogP) is 2.58. The van der Waals surface area contributed by atoms with E-state index in [0.29, 0.717) is 5.69 Å². The molecule has 2 N–H and O–H groups in total. The summed E-state index contributed by atoms with van der Waals surface area (Å²) < 4.78 is 26.3. The molecule has 0 heterocycles. The lowest BCUT2D eigenvalue weighted by molar-refractivity contribution is -0.116. The molecule has 2 aromatic rings. The van der Waals surface area contributed by atoms with Gasteiger partial charge in [-0.05, 0) is 55.3 Å². The Kier molecular flexibility index (Phi) is 6.82. The van der Waals surface area contributed by atoms with Crippen molar-refractivity contribution in [1.29, 1.82) is 0 Å². The molecule has 7 nitrogen and oxygen atoms in total. The highest BCUT2D eigenvalue weighted by molar-refractivity contribution is 7.89. The van der Waals surface area contributed by atoms with E-state index >= 15 is 0 Å². The standard InChI is InChI=1S/C19H22ClN3O4S/c1-12-5-7-15(9-13(12)2)28(26,27)23(4)11-18(24)22-14-6-8-17(20)16(10-14)19(25)21-3/h5-10H,11H2,1-4H3,(H,21,25)(H,22,24). The largest absolute Gasteiger partial charge is 0.355 e. The van der Waals surface area contributed by atoms with Gasteiger partial charge in [-0.2, -0.15) is 4.31 Å². The van der Waals surface area contributed by atoms with Crippen molar-refractivity contribution >= 4 is 39.1 Å². The zero-order valence-corrected chi connectivity index (χ0v) is 17.6. The minimum atomic E-state index is -3.81. The molecule has 0 aliphatic rings. The quantitative estimate of drug-likeness (QED) is 0.746. The van der Waals surface area contributed by atoms with Gasteiger partial charge in [-0.15, -0.1) is 0 Å². The summed E-state index contributed by atoms with van der Waals surface area (Å²) in [6.07, 6.45) is 0. The molecular weight excluding hydrogens is 402 g/mol. The third-order valence-electron chi connectivity index (χ3n) is 4.27. The summed E-state index contributed by atoms with van der Waals surface area (Å²) >= 11 is 5.98. The van der Waals surface area contributed by atoms with Crippen LogP contribution in [0.25, 0.3) is 0 Å². The molecule has 28 heavy (non-hydrogen) atoms. The van der Waals surface area contributed by atoms with E-state index in [9.17, 15) is 18.0 Å². The van der Waals surface area contributed by atoms with E-state index in [0.717, 1.165) is 15.4 Å². The first-order chi connectivity index (χ1) is 13.1. The zero-order valence-electron chi connectivity index (χ0n) is 16.0. The number of halogens is 1. The predicted molar refractivity (Wildman–Crippen MR) is 109 cm³/mol. The maximum absolute atomic E-state index is 12.7. The number of anilines is 1. The molecule has 0 radical (unpaired) electrons. The second-order valence-corrected chi connectivity index (χ2v) is 8.78. The fourth-order valence-electron chi connectivity index (χ4n) is 2.45. The van der Waals surface area contributed by atoms with Crippen LogP contribution in [0.15, 0.2) is 41.3 Å². The Hall–Kier alpha value is -2.42. The summed E-state index contributed by atoms with van der Waals surface area (Å²) in [5, 5.41) is 5.28. The lowest BCUT2D eigenvalue weighted by atomic mass is 10.1. The van der Waals surface area contributed by atoms with Crippen molar-refractivity contribution in [3.63, 3.8) is 0 Å². The van der Waals surface area contributed by atoms with Crippen LogP contribution in [0.4, 0.5) is 5.69 Å². The number of nitrogens with one attached hydrogen (secondary N) is 2. The molecule has 0 aliphatic heterocycles. The van der Waals surface area contributed by atoms with Crippen molar-refractivity contribution in [2.24, 2.45) is 0 Å². The van der Waals surface area contributed by atoms with Crippen molar-refractivity contribution in [3.8, 4) is 0 Å². The molecule has 0 saturated carbocycles. The van der Waals surface area contributed by atoms with Crippen molar-refractivity contribution < 1.29 is 18.0 Å². The highest BCUT2D eigenvalue weighted by Crippen LogP contribution is 2.21. The molecule has 2 amide bonds. The molecule has 2 rings (SSSR count). The molecule has 0 bridgehead atoms. The zero-order chi connectivity index (χ0) is 21.1. The minimum absolute atomic E-state index is 0.124. The third-order valence-corrected chi connectivity index (χ3v) is 6.40. The van der Waals surface area contributed by atoms with Crippen LogP contribution in [0.1, 0.15) is 21.5 Å². The van der Waals surface area contributed by atoms with Gasteiger partial charge in [0.1, 0.15) is 0 Å². The molecule has 0 fully saturated rings. The lowest BCUT2D eigenvalue weighted by Crippen LogP contribution is -2.35. The van der Waals surface area contributed by atoms with E-state index in [2.05, 4.69) is 10.6 Å². The fourth-order valence-corrected chi connectivity index (χ4v) is 3.87. The fraction of sp³-hybridized carbons (Fsp3) is 0.263. The topological polar surface area (TPSA) is 95.6 Å². The third kappa shape index (κ3) is 4.89. The summed E-state index contributed by atoms with van der Waals surface area (Å²) in [4.78, 5) is 24.2. The first-order valence-corrected chi connectivity index (χ1v) is 10.2. The summed E-state index contributed by atoms with van der Waals surface area (Å²) in [5.74, 6) is -0.935. The molecule has 0 saturated heterocycles. The van der Waals surface area contributed by atoms with Crippen LogP contribution in [0, 0.1) is 13.8 Å². The highest BCUT2D eigenvalue weighted by Gasteiger charge is 2.23. The SMILES string of the molecule is CNC(=O)c1cc(NC(=O)CN(C)S(=O)(=O)c2ccc(C)c(C)c2)ccc1Cl. The van der Waals surface area contributed by atoms with Crippen molar-refractivity contribution in [3.05, 3.63) is 58.1 Å². The van der Waals surface area contributed by atoms with Crippen LogP contribution < -0.4 is 10.6 Å². The molecule has 0 aromatic heterocycles. The maximum Gasteiger partial charge on any atom is 0.252 e. The number of hydrogen-bond acceptors (Lipinski definition) is 4. The number of amides is 2. The first-order valence-electron chi connectivity index (χ1n) is 8.41. The van der Waals surface area contributed by atoms with Gasteiger partial charge in [-0.1, -0.05) is 17.7 Å². The van der Waals surface area contributed by atoms with Gasteiger partial charge in [0, 0.05) is 19.8 Å². The van der Waals surface area contributed by atoms with E-state index in [-0.39, 0.29) is 22.0 Å². The van der Waals surface area contributed by atoms with E-state index in [1.807, 2.05) is 13.8 Å². The Bertz CT molecular complexity index is 1020. The summed E-state index contributed by atoms with van der Waals surface area (Å²) in [6, 6.07) is 9.26. The Morgan fingerprint density at radius 1 is 1.07 bits per heavy atom. The molecule has 0 spiro atoms. The van der Waals surface area contributed by atoms with Crippen LogP contribution in [0.5, 0.6) is 0 Å². The Morgan fingerprint density at radius 3 is 2.36 bits per heavy atom. The molecule has 2 aromatic carbocycles. The normalized spacial score (nSPS) is 11.4. The van der Waals surface area contributed by atoms with E-state index in [1.165, 1.54) is 38.4 Å². The number of likely N-dealkylation sites (N-methyl/N-ethyl adjacent to an activating group) is 1. The van der Waals surface area contributed by atoms with Gasteiger partial charge in [-0.3, -0.25) is 9.59 Å². The summed E-state index contributed by atoms with van der Waals surface area (Å²) in [6.45, 7) is 3.33.